The predicted octanol–water partition coefficient (Wildman–Crippen LogP) is 2.96. The van der Waals surface area contributed by atoms with Gasteiger partial charge in [0.05, 0.1) is 6.61 Å². The molecule has 0 N–H and O–H groups in total. The van der Waals surface area contributed by atoms with E-state index in [2.05, 4.69) is 44.0 Å². The first-order valence-electron chi connectivity index (χ1n) is 9.26. The van der Waals surface area contributed by atoms with Gasteiger partial charge in [-0.1, -0.05) is 18.2 Å². The Balaban J connectivity index is 1.48. The highest BCUT2D eigenvalue weighted by molar-refractivity contribution is 5.54. The van der Waals surface area contributed by atoms with Crippen molar-refractivity contribution >= 4 is 5.69 Å². The zero-order valence-corrected chi connectivity index (χ0v) is 14.9. The van der Waals surface area contributed by atoms with Crippen LogP contribution in [0.2, 0.25) is 0 Å². The first kappa shape index (κ1) is 16.5. The average Bonchev–Trinajstić information content (AvgIpc) is 3.17. The van der Waals surface area contributed by atoms with Crippen LogP contribution in [0.15, 0.2) is 36.5 Å². The quantitative estimate of drug-likeness (QED) is 0.857. The molecular weight excluding hydrogens is 312 g/mol. The Bertz CT molecular complexity index is 714. The maximum Gasteiger partial charge on any atom is 0.158 e. The number of aryl methyl sites for hydroxylation is 1. The third-order valence-corrected chi connectivity index (χ3v) is 5.08. The first-order valence-corrected chi connectivity index (χ1v) is 9.26. The van der Waals surface area contributed by atoms with Crippen molar-refractivity contribution in [3.8, 4) is 0 Å². The minimum absolute atomic E-state index is 0.0346. The number of nitrogens with zero attached hydrogens (tertiary/aromatic N) is 4. The van der Waals surface area contributed by atoms with E-state index in [1.807, 2.05) is 19.2 Å². The van der Waals surface area contributed by atoms with Crippen molar-refractivity contribution in [3.05, 3.63) is 53.6 Å². The lowest BCUT2D eigenvalue weighted by Gasteiger charge is -2.33. The summed E-state index contributed by atoms with van der Waals surface area (Å²) in [5, 5.41) is 0. The van der Waals surface area contributed by atoms with Gasteiger partial charge in [-0.2, -0.15) is 0 Å². The van der Waals surface area contributed by atoms with Crippen molar-refractivity contribution in [2.45, 2.75) is 32.4 Å². The van der Waals surface area contributed by atoms with E-state index < -0.39 is 0 Å². The monoisotopic (exact) mass is 338 g/mol. The molecular formula is C20H26N4O. The first-order chi connectivity index (χ1) is 12.3. The maximum atomic E-state index is 5.94. The zero-order valence-electron chi connectivity index (χ0n) is 14.9. The molecule has 1 aromatic heterocycles. The molecule has 0 spiro atoms. The van der Waals surface area contributed by atoms with Crippen molar-refractivity contribution in [2.75, 3.05) is 37.7 Å². The molecule has 5 heteroatoms. The second-order valence-electron chi connectivity index (χ2n) is 6.97. The summed E-state index contributed by atoms with van der Waals surface area (Å²) < 4.78 is 5.94. The van der Waals surface area contributed by atoms with Gasteiger partial charge in [0.2, 0.25) is 0 Å². The van der Waals surface area contributed by atoms with E-state index in [4.69, 9.17) is 4.74 Å². The fourth-order valence-corrected chi connectivity index (χ4v) is 3.78. The minimum atomic E-state index is -0.0346. The van der Waals surface area contributed by atoms with E-state index >= 15 is 0 Å². The van der Waals surface area contributed by atoms with Crippen molar-refractivity contribution in [3.63, 3.8) is 0 Å². The molecule has 0 radical (unpaired) electrons. The number of benzene rings is 1. The summed E-state index contributed by atoms with van der Waals surface area (Å²) in [5.74, 6) is 0.803. The molecule has 1 aromatic carbocycles. The van der Waals surface area contributed by atoms with Gasteiger partial charge in [-0.15, -0.1) is 0 Å². The summed E-state index contributed by atoms with van der Waals surface area (Å²) in [6.07, 6.45) is 4.40. The van der Waals surface area contributed by atoms with E-state index in [0.717, 1.165) is 37.8 Å². The third kappa shape index (κ3) is 3.83. The normalized spacial score (nSPS) is 21.6. The molecule has 2 aliphatic heterocycles. The van der Waals surface area contributed by atoms with E-state index in [1.54, 1.807) is 0 Å². The van der Waals surface area contributed by atoms with E-state index in [1.165, 1.54) is 37.2 Å². The number of aromatic nitrogens is 2. The summed E-state index contributed by atoms with van der Waals surface area (Å²) in [6, 6.07) is 10.8. The Kier molecular flexibility index (Phi) is 4.95. The van der Waals surface area contributed by atoms with E-state index in [9.17, 15) is 0 Å². The predicted molar refractivity (Wildman–Crippen MR) is 98.6 cm³/mol. The number of para-hydroxylation sites is 1. The van der Waals surface area contributed by atoms with Gasteiger partial charge in [-0.25, -0.2) is 9.97 Å². The van der Waals surface area contributed by atoms with Crippen LogP contribution in [0, 0.1) is 6.92 Å². The molecule has 2 fully saturated rings. The lowest BCUT2D eigenvalue weighted by Crippen LogP contribution is -2.38. The standard InChI is InChI=1S/C20H26N4O/c1-16-8-9-21-20(22-16)19-15-23(12-13-25-19)14-17-6-2-3-7-18(17)24-10-4-5-11-24/h2-3,6-9,19H,4-5,10-15H2,1H3/t19-/m0/s1. The lowest BCUT2D eigenvalue weighted by atomic mass is 10.1. The van der Waals surface area contributed by atoms with Crippen molar-refractivity contribution in [1.29, 1.82) is 0 Å². The van der Waals surface area contributed by atoms with Crippen LogP contribution in [0.4, 0.5) is 5.69 Å². The molecule has 132 valence electrons. The highest BCUT2D eigenvalue weighted by Gasteiger charge is 2.25. The van der Waals surface area contributed by atoms with Crippen LogP contribution in [-0.4, -0.2) is 47.7 Å². The topological polar surface area (TPSA) is 41.5 Å². The van der Waals surface area contributed by atoms with Crippen LogP contribution in [-0.2, 0) is 11.3 Å². The van der Waals surface area contributed by atoms with Crippen LogP contribution in [0.5, 0.6) is 0 Å². The maximum absolute atomic E-state index is 5.94. The van der Waals surface area contributed by atoms with Gasteiger partial charge in [0.25, 0.3) is 0 Å². The molecule has 0 unspecified atom stereocenters. The Morgan fingerprint density at radius 2 is 1.96 bits per heavy atom. The Hall–Kier alpha value is -1.98. The summed E-state index contributed by atoms with van der Waals surface area (Å²) in [4.78, 5) is 14.0. The summed E-state index contributed by atoms with van der Waals surface area (Å²) in [5.41, 5.74) is 3.80. The zero-order chi connectivity index (χ0) is 17.1. The van der Waals surface area contributed by atoms with Gasteiger partial charge < -0.3 is 9.64 Å². The molecule has 25 heavy (non-hydrogen) atoms. The number of ether oxygens (including phenoxy) is 1. The lowest BCUT2D eigenvalue weighted by molar-refractivity contribution is -0.0372. The number of anilines is 1. The smallest absolute Gasteiger partial charge is 0.158 e. The van der Waals surface area contributed by atoms with Gasteiger partial charge in [0, 0.05) is 50.3 Å². The molecule has 0 bridgehead atoms. The van der Waals surface area contributed by atoms with Crippen LogP contribution < -0.4 is 4.90 Å². The van der Waals surface area contributed by atoms with Crippen LogP contribution >= 0.6 is 0 Å². The molecule has 0 amide bonds. The van der Waals surface area contributed by atoms with Gasteiger partial charge in [-0.3, -0.25) is 4.90 Å². The number of rotatable bonds is 4. The van der Waals surface area contributed by atoms with Crippen LogP contribution in [0.3, 0.4) is 0 Å². The molecule has 2 aromatic rings. The van der Waals surface area contributed by atoms with Crippen LogP contribution in [0.25, 0.3) is 0 Å². The molecule has 0 saturated carbocycles. The number of hydrogen-bond donors (Lipinski definition) is 0. The minimum Gasteiger partial charge on any atom is -0.371 e. The van der Waals surface area contributed by atoms with Gasteiger partial charge in [-0.05, 0) is 37.5 Å². The van der Waals surface area contributed by atoms with Crippen molar-refractivity contribution in [2.24, 2.45) is 0 Å². The summed E-state index contributed by atoms with van der Waals surface area (Å²) >= 11 is 0. The molecule has 2 saturated heterocycles. The number of morpholine rings is 1. The molecule has 3 heterocycles. The third-order valence-electron chi connectivity index (χ3n) is 5.08. The summed E-state index contributed by atoms with van der Waals surface area (Å²) in [7, 11) is 0. The number of hydrogen-bond acceptors (Lipinski definition) is 5. The average molecular weight is 338 g/mol. The Labute approximate surface area is 149 Å². The van der Waals surface area contributed by atoms with E-state index in [0.29, 0.717) is 0 Å². The second kappa shape index (κ2) is 7.50. The molecule has 1 atom stereocenters. The second-order valence-corrected chi connectivity index (χ2v) is 6.97. The van der Waals surface area contributed by atoms with Crippen molar-refractivity contribution in [1.82, 2.24) is 14.9 Å². The highest BCUT2D eigenvalue weighted by Crippen LogP contribution is 2.27. The largest absolute Gasteiger partial charge is 0.371 e. The molecule has 4 rings (SSSR count). The van der Waals surface area contributed by atoms with Gasteiger partial charge in [0.1, 0.15) is 6.10 Å². The fraction of sp³-hybridized carbons (Fsp3) is 0.500. The van der Waals surface area contributed by atoms with E-state index in [-0.39, 0.29) is 6.10 Å². The fourth-order valence-electron chi connectivity index (χ4n) is 3.78. The Morgan fingerprint density at radius 3 is 2.80 bits per heavy atom. The molecule has 5 nitrogen and oxygen atoms in total. The molecule has 2 aliphatic rings. The SMILES string of the molecule is Cc1ccnc([C@@H]2CN(Cc3ccccc3N3CCCC3)CCO2)n1. The highest BCUT2D eigenvalue weighted by atomic mass is 16.5. The molecule has 0 aliphatic carbocycles. The van der Waals surface area contributed by atoms with Crippen molar-refractivity contribution < 1.29 is 4.74 Å². The Morgan fingerprint density at radius 1 is 1.12 bits per heavy atom. The van der Waals surface area contributed by atoms with Crippen LogP contribution in [0.1, 0.15) is 36.0 Å². The van der Waals surface area contributed by atoms with Gasteiger partial charge in [0.15, 0.2) is 5.82 Å². The van der Waals surface area contributed by atoms with Gasteiger partial charge >= 0.3 is 0 Å². The summed E-state index contributed by atoms with van der Waals surface area (Å²) in [6.45, 7) is 7.85.